The Morgan fingerprint density at radius 1 is 0.241 bits per heavy atom. The van der Waals surface area contributed by atoms with Crippen molar-refractivity contribution in [1.82, 2.24) is 0 Å². The second-order valence-electron chi connectivity index (χ2n) is 25.6. The summed E-state index contributed by atoms with van der Waals surface area (Å²) in [5.74, 6) is -0.855. The Labute approximate surface area is 518 Å². The van der Waals surface area contributed by atoms with Crippen molar-refractivity contribution in [3.05, 3.63) is 36.5 Å². The predicted molar refractivity (Wildman–Crippen MR) is 362 cm³/mol. The van der Waals surface area contributed by atoms with Crippen molar-refractivity contribution in [2.75, 3.05) is 13.2 Å². The molecule has 0 amide bonds. The first-order valence-electron chi connectivity index (χ1n) is 37.5. The van der Waals surface area contributed by atoms with Crippen LogP contribution in [0.1, 0.15) is 419 Å². The third kappa shape index (κ3) is 70.3. The van der Waals surface area contributed by atoms with E-state index in [1.807, 2.05) is 0 Å². The van der Waals surface area contributed by atoms with Crippen LogP contribution in [0.2, 0.25) is 0 Å². The highest BCUT2D eigenvalue weighted by atomic mass is 16.6. The number of hydrogen-bond donors (Lipinski definition) is 0. The first-order valence-corrected chi connectivity index (χ1v) is 37.5. The largest absolute Gasteiger partial charge is 0.462 e. The Balaban J connectivity index is 4.22. The van der Waals surface area contributed by atoms with Gasteiger partial charge in [0.1, 0.15) is 13.2 Å². The van der Waals surface area contributed by atoms with Gasteiger partial charge in [0, 0.05) is 19.3 Å². The van der Waals surface area contributed by atoms with Crippen LogP contribution < -0.4 is 0 Å². The minimum Gasteiger partial charge on any atom is -0.462 e. The SMILES string of the molecule is CCCC/C=C\C/C=C\CCCCCCCC(=O)OCC(COC(=O)CCCCCCCCCCCCCCCCCCCCCCCCCCCC)OC(=O)CCCCCCCCCCCCCCC/C=C\CCCCCCCCCC. The zero-order valence-electron chi connectivity index (χ0n) is 56.2. The first-order chi connectivity index (χ1) is 41.0. The highest BCUT2D eigenvalue weighted by molar-refractivity contribution is 5.71. The molecular formula is C77H144O6. The summed E-state index contributed by atoms with van der Waals surface area (Å²) < 4.78 is 17.0. The Bertz CT molecular complexity index is 1380. The fourth-order valence-electron chi connectivity index (χ4n) is 11.5. The quantitative estimate of drug-likeness (QED) is 0.0261. The van der Waals surface area contributed by atoms with Crippen molar-refractivity contribution in [3.8, 4) is 0 Å². The zero-order chi connectivity index (χ0) is 59.9. The molecule has 0 N–H and O–H groups in total. The highest BCUT2D eigenvalue weighted by Gasteiger charge is 2.20. The van der Waals surface area contributed by atoms with E-state index in [-0.39, 0.29) is 31.1 Å². The summed E-state index contributed by atoms with van der Waals surface area (Å²) in [6, 6.07) is 0. The van der Waals surface area contributed by atoms with Crippen LogP contribution in [0.5, 0.6) is 0 Å². The molecule has 0 heterocycles. The van der Waals surface area contributed by atoms with E-state index in [0.717, 1.165) is 77.0 Å². The van der Waals surface area contributed by atoms with Gasteiger partial charge >= 0.3 is 17.9 Å². The molecule has 0 bridgehead atoms. The van der Waals surface area contributed by atoms with Crippen molar-refractivity contribution in [3.63, 3.8) is 0 Å². The van der Waals surface area contributed by atoms with Gasteiger partial charge in [0.2, 0.25) is 0 Å². The van der Waals surface area contributed by atoms with E-state index in [2.05, 4.69) is 57.2 Å². The van der Waals surface area contributed by atoms with Crippen LogP contribution in [-0.4, -0.2) is 37.2 Å². The lowest BCUT2D eigenvalue weighted by Gasteiger charge is -2.18. The Morgan fingerprint density at radius 2 is 0.446 bits per heavy atom. The molecule has 0 aliphatic heterocycles. The van der Waals surface area contributed by atoms with E-state index in [1.165, 1.54) is 302 Å². The molecule has 1 unspecified atom stereocenters. The Kier molecular flexibility index (Phi) is 70.0. The number of allylic oxidation sites excluding steroid dienone is 6. The lowest BCUT2D eigenvalue weighted by atomic mass is 10.0. The Morgan fingerprint density at radius 3 is 0.711 bits per heavy atom. The summed E-state index contributed by atoms with van der Waals surface area (Å²) in [5.41, 5.74) is 0. The van der Waals surface area contributed by atoms with Gasteiger partial charge in [0.25, 0.3) is 0 Å². The van der Waals surface area contributed by atoms with Gasteiger partial charge in [-0.1, -0.05) is 365 Å². The molecule has 0 aliphatic carbocycles. The van der Waals surface area contributed by atoms with Gasteiger partial charge in [-0.15, -0.1) is 0 Å². The molecule has 0 saturated carbocycles. The number of esters is 3. The molecule has 1 atom stereocenters. The molecule has 0 spiro atoms. The standard InChI is InChI=1S/C77H144O6/c1-4-7-10-13-16-19-22-25-28-30-32-34-36-38-40-41-43-45-47-49-52-55-58-61-64-67-70-76(79)82-73-74(72-81-75(78)69-66-63-60-57-54-51-27-24-21-18-15-12-9-6-3)83-77(80)71-68-65-62-59-56-53-50-48-46-44-42-39-37-35-33-31-29-26-23-20-17-14-11-8-5-2/h15,18,24,27,31,33,74H,4-14,16-17,19-23,25-26,28-30,32,34-73H2,1-3H3/b18-15-,27-24-,33-31-. The van der Waals surface area contributed by atoms with Gasteiger partial charge in [-0.3, -0.25) is 14.4 Å². The van der Waals surface area contributed by atoms with E-state index in [4.69, 9.17) is 14.2 Å². The van der Waals surface area contributed by atoms with Crippen molar-refractivity contribution in [1.29, 1.82) is 0 Å². The fourth-order valence-corrected chi connectivity index (χ4v) is 11.5. The molecule has 0 saturated heterocycles. The second-order valence-corrected chi connectivity index (χ2v) is 25.6. The van der Waals surface area contributed by atoms with Crippen molar-refractivity contribution in [2.24, 2.45) is 0 Å². The molecule has 0 fully saturated rings. The van der Waals surface area contributed by atoms with Gasteiger partial charge in [-0.25, -0.2) is 0 Å². The maximum absolute atomic E-state index is 13.0. The highest BCUT2D eigenvalue weighted by Crippen LogP contribution is 2.19. The van der Waals surface area contributed by atoms with E-state index in [9.17, 15) is 14.4 Å². The van der Waals surface area contributed by atoms with Crippen LogP contribution in [0.3, 0.4) is 0 Å². The topological polar surface area (TPSA) is 78.9 Å². The van der Waals surface area contributed by atoms with E-state index < -0.39 is 6.10 Å². The van der Waals surface area contributed by atoms with Gasteiger partial charge in [0.05, 0.1) is 0 Å². The minimum atomic E-state index is -0.777. The summed E-state index contributed by atoms with van der Waals surface area (Å²) in [6.45, 7) is 6.67. The van der Waals surface area contributed by atoms with Crippen molar-refractivity contribution < 1.29 is 28.6 Å². The molecule has 488 valence electrons. The van der Waals surface area contributed by atoms with Gasteiger partial charge in [-0.2, -0.15) is 0 Å². The zero-order valence-corrected chi connectivity index (χ0v) is 56.2. The van der Waals surface area contributed by atoms with Crippen LogP contribution >= 0.6 is 0 Å². The maximum atomic E-state index is 13.0. The molecule has 0 rings (SSSR count). The van der Waals surface area contributed by atoms with Gasteiger partial charge in [-0.05, 0) is 70.6 Å². The minimum absolute atomic E-state index is 0.0714. The Hall–Kier alpha value is -2.37. The number of hydrogen-bond acceptors (Lipinski definition) is 6. The number of unbranched alkanes of at least 4 members (excludes halogenated alkanes) is 53. The smallest absolute Gasteiger partial charge is 0.306 e. The average Bonchev–Trinajstić information content (AvgIpc) is 3.50. The van der Waals surface area contributed by atoms with Gasteiger partial charge < -0.3 is 14.2 Å². The first kappa shape index (κ1) is 80.6. The summed E-state index contributed by atoms with van der Waals surface area (Å²) in [4.78, 5) is 38.5. The van der Waals surface area contributed by atoms with E-state index in [0.29, 0.717) is 19.3 Å². The van der Waals surface area contributed by atoms with Crippen molar-refractivity contribution in [2.45, 2.75) is 425 Å². The third-order valence-electron chi connectivity index (χ3n) is 17.1. The van der Waals surface area contributed by atoms with Crippen molar-refractivity contribution >= 4 is 17.9 Å². The molecule has 0 aliphatic rings. The molecule has 0 aromatic rings. The number of carbonyl (C=O) groups excluding carboxylic acids is 3. The maximum Gasteiger partial charge on any atom is 0.306 e. The number of ether oxygens (including phenoxy) is 3. The van der Waals surface area contributed by atoms with Gasteiger partial charge in [0.15, 0.2) is 6.10 Å². The lowest BCUT2D eigenvalue weighted by Crippen LogP contribution is -2.30. The van der Waals surface area contributed by atoms with E-state index >= 15 is 0 Å². The molecule has 0 aromatic carbocycles. The molecule has 0 radical (unpaired) electrons. The fraction of sp³-hybridized carbons (Fsp3) is 0.883. The summed E-state index contributed by atoms with van der Waals surface area (Å²) in [5, 5.41) is 0. The van der Waals surface area contributed by atoms with Crippen LogP contribution in [0, 0.1) is 0 Å². The number of carbonyl (C=O) groups is 3. The van der Waals surface area contributed by atoms with E-state index in [1.54, 1.807) is 0 Å². The number of rotatable bonds is 70. The predicted octanol–water partition coefficient (Wildman–Crippen LogP) is 25.9. The molecule has 6 nitrogen and oxygen atoms in total. The average molecular weight is 1170 g/mol. The molecule has 83 heavy (non-hydrogen) atoms. The molecule has 6 heteroatoms. The van der Waals surface area contributed by atoms with Crippen LogP contribution in [0.25, 0.3) is 0 Å². The molecular weight excluding hydrogens is 1020 g/mol. The molecule has 0 aromatic heterocycles. The van der Waals surface area contributed by atoms with Crippen LogP contribution in [0.4, 0.5) is 0 Å². The normalized spacial score (nSPS) is 12.2. The summed E-state index contributed by atoms with van der Waals surface area (Å²) in [7, 11) is 0. The van der Waals surface area contributed by atoms with Crippen LogP contribution in [-0.2, 0) is 28.6 Å². The third-order valence-corrected chi connectivity index (χ3v) is 17.1. The summed E-state index contributed by atoms with van der Waals surface area (Å²) >= 11 is 0. The second kappa shape index (κ2) is 72.1. The summed E-state index contributed by atoms with van der Waals surface area (Å²) in [6.07, 6.45) is 90.5. The lowest BCUT2D eigenvalue weighted by molar-refractivity contribution is -0.167. The van der Waals surface area contributed by atoms with Crippen LogP contribution in [0.15, 0.2) is 36.5 Å². The monoisotopic (exact) mass is 1170 g/mol.